The maximum Gasteiger partial charge on any atom is 0.241 e. The number of rotatable bonds is 4. The average Bonchev–Trinajstić information content (AvgIpc) is 3.30. The quantitative estimate of drug-likeness (QED) is 0.746. The number of hydrazine groups is 1. The van der Waals surface area contributed by atoms with Crippen LogP contribution in [0.25, 0.3) is 10.9 Å². The van der Waals surface area contributed by atoms with Gasteiger partial charge >= 0.3 is 0 Å². The molecule has 1 fully saturated rings. The monoisotopic (exact) mass is 350 g/mol. The number of pyridine rings is 1. The van der Waals surface area contributed by atoms with Crippen LogP contribution in [0.2, 0.25) is 0 Å². The lowest BCUT2D eigenvalue weighted by atomic mass is 10.0. The van der Waals surface area contributed by atoms with Gasteiger partial charge in [0.15, 0.2) is 0 Å². The van der Waals surface area contributed by atoms with Gasteiger partial charge in [0.2, 0.25) is 5.91 Å². The average molecular weight is 350 g/mol. The molecule has 7 nitrogen and oxygen atoms in total. The van der Waals surface area contributed by atoms with E-state index in [-0.39, 0.29) is 18.0 Å². The van der Waals surface area contributed by atoms with E-state index < -0.39 is 0 Å². The van der Waals surface area contributed by atoms with Crippen molar-refractivity contribution in [3.05, 3.63) is 60.0 Å². The third-order valence-electron chi connectivity index (χ3n) is 4.85. The molecule has 4 rings (SSSR count). The van der Waals surface area contributed by atoms with Crippen molar-refractivity contribution in [1.82, 2.24) is 30.5 Å². The van der Waals surface area contributed by atoms with Crippen molar-refractivity contribution >= 4 is 16.8 Å². The van der Waals surface area contributed by atoms with E-state index >= 15 is 0 Å². The molecule has 1 aromatic carbocycles. The molecule has 1 saturated heterocycles. The molecule has 7 heteroatoms. The van der Waals surface area contributed by atoms with Gasteiger partial charge in [0.1, 0.15) is 6.04 Å². The van der Waals surface area contributed by atoms with Gasteiger partial charge in [-0.1, -0.05) is 18.2 Å². The van der Waals surface area contributed by atoms with Gasteiger partial charge in [-0.05, 0) is 24.1 Å². The molecule has 134 valence electrons. The van der Waals surface area contributed by atoms with Gasteiger partial charge in [0, 0.05) is 44.0 Å². The van der Waals surface area contributed by atoms with E-state index in [4.69, 9.17) is 0 Å². The van der Waals surface area contributed by atoms with E-state index in [1.54, 1.807) is 15.8 Å². The summed E-state index contributed by atoms with van der Waals surface area (Å²) in [5.41, 5.74) is 9.46. The highest BCUT2D eigenvalue weighted by Crippen LogP contribution is 2.23. The van der Waals surface area contributed by atoms with Crippen molar-refractivity contribution in [3.8, 4) is 0 Å². The maximum absolute atomic E-state index is 12.9. The number of carbonyl (C=O) groups is 1. The fourth-order valence-corrected chi connectivity index (χ4v) is 3.46. The number of nitrogens with one attached hydrogen (secondary N) is 2. The van der Waals surface area contributed by atoms with Crippen molar-refractivity contribution in [2.75, 3.05) is 7.05 Å². The van der Waals surface area contributed by atoms with Crippen LogP contribution in [0.1, 0.15) is 23.6 Å². The summed E-state index contributed by atoms with van der Waals surface area (Å²) in [6, 6.07) is 9.83. The van der Waals surface area contributed by atoms with E-state index in [9.17, 15) is 4.79 Å². The Kier molecular flexibility index (Phi) is 4.40. The highest BCUT2D eigenvalue weighted by Gasteiger charge is 2.32. The van der Waals surface area contributed by atoms with Gasteiger partial charge < -0.3 is 4.90 Å². The number of amides is 1. The van der Waals surface area contributed by atoms with E-state index in [1.165, 1.54) is 0 Å². The number of hydrogen-bond acceptors (Lipinski definition) is 5. The first kappa shape index (κ1) is 16.7. The van der Waals surface area contributed by atoms with Crippen LogP contribution < -0.4 is 10.9 Å². The molecule has 0 saturated carbocycles. The van der Waals surface area contributed by atoms with Gasteiger partial charge in [-0.2, -0.15) is 5.10 Å². The number of carbonyl (C=O) groups excluding carboxylic acids is 1. The lowest BCUT2D eigenvalue weighted by molar-refractivity contribution is -0.132. The fraction of sp³-hybridized carbons (Fsp3) is 0.316. The van der Waals surface area contributed by atoms with Crippen LogP contribution in [-0.2, 0) is 18.4 Å². The first-order chi connectivity index (χ1) is 12.6. The highest BCUT2D eigenvalue weighted by molar-refractivity contribution is 5.84. The largest absolute Gasteiger partial charge is 0.340 e. The molecule has 3 aromatic rings. The predicted octanol–water partition coefficient (Wildman–Crippen LogP) is 1.53. The Balaban J connectivity index is 1.45. The summed E-state index contributed by atoms with van der Waals surface area (Å²) >= 11 is 0. The number of benzene rings is 1. The first-order valence-corrected chi connectivity index (χ1v) is 8.69. The van der Waals surface area contributed by atoms with E-state index in [0.717, 1.165) is 22.0 Å². The second-order valence-corrected chi connectivity index (χ2v) is 6.76. The van der Waals surface area contributed by atoms with Crippen LogP contribution in [0.3, 0.4) is 0 Å². The Hall–Kier alpha value is -2.77. The van der Waals surface area contributed by atoms with Crippen molar-refractivity contribution in [3.63, 3.8) is 0 Å². The Bertz CT molecular complexity index is 931. The van der Waals surface area contributed by atoms with Crippen LogP contribution >= 0.6 is 0 Å². The summed E-state index contributed by atoms with van der Waals surface area (Å²) in [6.45, 7) is 0.553. The first-order valence-electron chi connectivity index (χ1n) is 8.69. The number of likely N-dealkylation sites (N-methyl/N-ethyl adjacent to an activating group) is 1. The smallest absolute Gasteiger partial charge is 0.241 e. The van der Waals surface area contributed by atoms with E-state index in [2.05, 4.69) is 20.9 Å². The fourth-order valence-electron chi connectivity index (χ4n) is 3.46. The number of aromatic nitrogens is 3. The molecule has 0 spiro atoms. The van der Waals surface area contributed by atoms with Crippen LogP contribution in [0.4, 0.5) is 0 Å². The molecule has 2 unspecified atom stereocenters. The maximum atomic E-state index is 12.9. The summed E-state index contributed by atoms with van der Waals surface area (Å²) in [5.74, 6) is 0.0739. The topological polar surface area (TPSA) is 75.1 Å². The van der Waals surface area contributed by atoms with Gasteiger partial charge in [0.25, 0.3) is 0 Å². The van der Waals surface area contributed by atoms with Crippen molar-refractivity contribution < 1.29 is 4.79 Å². The van der Waals surface area contributed by atoms with Crippen LogP contribution in [-0.4, -0.2) is 38.7 Å². The number of hydrogen-bond donors (Lipinski definition) is 2. The Morgan fingerprint density at radius 2 is 2.19 bits per heavy atom. The van der Waals surface area contributed by atoms with Gasteiger partial charge in [-0.15, -0.1) is 0 Å². The molecule has 0 radical (unpaired) electrons. The van der Waals surface area contributed by atoms with E-state index in [0.29, 0.717) is 13.0 Å². The highest BCUT2D eigenvalue weighted by atomic mass is 16.2. The summed E-state index contributed by atoms with van der Waals surface area (Å²) in [6.07, 6.45) is 6.29. The van der Waals surface area contributed by atoms with Gasteiger partial charge in [0.05, 0.1) is 17.8 Å². The Morgan fingerprint density at radius 3 is 3.00 bits per heavy atom. The molecular weight excluding hydrogens is 328 g/mol. The molecule has 2 aromatic heterocycles. The number of aryl methyl sites for hydroxylation is 1. The zero-order valence-electron chi connectivity index (χ0n) is 14.9. The Morgan fingerprint density at radius 1 is 1.31 bits per heavy atom. The van der Waals surface area contributed by atoms with Crippen molar-refractivity contribution in [2.24, 2.45) is 7.05 Å². The molecule has 2 atom stereocenters. The lowest BCUT2D eigenvalue weighted by Gasteiger charge is -2.21. The molecule has 0 bridgehead atoms. The SMILES string of the molecule is CN(Cc1cccc2ncccc12)C(=O)C1CC(c2cnn(C)c2)NN1. The van der Waals surface area contributed by atoms with E-state index in [1.807, 2.05) is 56.8 Å². The van der Waals surface area contributed by atoms with Gasteiger partial charge in [-0.3, -0.25) is 14.5 Å². The second-order valence-electron chi connectivity index (χ2n) is 6.76. The summed E-state index contributed by atoms with van der Waals surface area (Å²) in [5, 5.41) is 5.28. The summed E-state index contributed by atoms with van der Waals surface area (Å²) < 4.78 is 1.77. The second kappa shape index (κ2) is 6.86. The zero-order chi connectivity index (χ0) is 18.1. The normalized spacial score (nSPS) is 19.8. The third kappa shape index (κ3) is 3.18. The minimum absolute atomic E-state index is 0.0739. The number of fused-ring (bicyclic) bond motifs is 1. The zero-order valence-corrected chi connectivity index (χ0v) is 14.9. The molecule has 26 heavy (non-hydrogen) atoms. The minimum atomic E-state index is -0.252. The van der Waals surface area contributed by atoms with Crippen molar-refractivity contribution in [1.29, 1.82) is 0 Å². The molecule has 0 aliphatic carbocycles. The molecule has 2 N–H and O–H groups in total. The third-order valence-corrected chi connectivity index (χ3v) is 4.85. The number of nitrogens with zero attached hydrogens (tertiary/aromatic N) is 4. The van der Waals surface area contributed by atoms with Crippen LogP contribution in [0.5, 0.6) is 0 Å². The lowest BCUT2D eigenvalue weighted by Crippen LogP contribution is -2.43. The summed E-state index contributed by atoms with van der Waals surface area (Å²) in [7, 11) is 3.73. The van der Waals surface area contributed by atoms with Gasteiger partial charge in [-0.25, -0.2) is 10.9 Å². The molecule has 1 aliphatic rings. The van der Waals surface area contributed by atoms with Crippen LogP contribution in [0, 0.1) is 0 Å². The van der Waals surface area contributed by atoms with Crippen molar-refractivity contribution in [2.45, 2.75) is 25.0 Å². The van der Waals surface area contributed by atoms with Crippen LogP contribution in [0.15, 0.2) is 48.9 Å². The molecular formula is C19H22N6O. The summed E-state index contributed by atoms with van der Waals surface area (Å²) in [4.78, 5) is 19.0. The standard InChI is InChI=1S/C19H22N6O/c1-24(11-13-5-3-7-16-15(13)6-4-8-20-16)19(26)18-9-17(22-23-18)14-10-21-25(2)12-14/h3-8,10,12,17-18,22-23H,9,11H2,1-2H3. The Labute approximate surface area is 152 Å². The predicted molar refractivity (Wildman–Crippen MR) is 98.8 cm³/mol. The minimum Gasteiger partial charge on any atom is -0.340 e. The molecule has 1 amide bonds. The molecule has 3 heterocycles. The molecule has 1 aliphatic heterocycles.